The molecule has 5 nitrogen and oxygen atoms in total. The molecule has 0 atom stereocenters. The van der Waals surface area contributed by atoms with Gasteiger partial charge in [0.1, 0.15) is 5.69 Å². The van der Waals surface area contributed by atoms with Crippen molar-refractivity contribution >= 4 is 11.6 Å². The van der Waals surface area contributed by atoms with Gasteiger partial charge in [0.15, 0.2) is 0 Å². The number of carbonyl (C=O) groups is 1. The van der Waals surface area contributed by atoms with E-state index in [9.17, 15) is 9.90 Å². The fourth-order valence-corrected chi connectivity index (χ4v) is 2.09. The molecule has 0 aromatic carbocycles. The van der Waals surface area contributed by atoms with Crippen molar-refractivity contribution in [2.24, 2.45) is 0 Å². The number of carbonyl (C=O) groups excluding carboxylic acids is 1. The minimum absolute atomic E-state index is 0.117. The monoisotopic (exact) mass is 249 g/mol. The number of aliphatic hydroxyl groups is 1. The highest BCUT2D eigenvalue weighted by Gasteiger charge is 2.36. The molecule has 5 heteroatoms. The first kappa shape index (κ1) is 12.8. The highest BCUT2D eigenvalue weighted by Crippen LogP contribution is 2.34. The lowest BCUT2D eigenvalue weighted by molar-refractivity contribution is 0.0822. The lowest BCUT2D eigenvalue weighted by atomic mass is 9.77. The van der Waals surface area contributed by atoms with Gasteiger partial charge in [-0.25, -0.2) is 0 Å². The zero-order chi connectivity index (χ0) is 13.2. The Labute approximate surface area is 107 Å². The number of hydrogen-bond acceptors (Lipinski definition) is 4. The van der Waals surface area contributed by atoms with Crippen LogP contribution in [0.4, 0.5) is 5.69 Å². The molecule has 0 unspecified atom stereocenters. The molecule has 1 aromatic heterocycles. The molecule has 2 rings (SSSR count). The number of nitrogens with zero attached hydrogens (tertiary/aromatic N) is 2. The van der Waals surface area contributed by atoms with Gasteiger partial charge in [-0.3, -0.25) is 9.78 Å². The smallest absolute Gasteiger partial charge is 0.272 e. The molecule has 0 bridgehead atoms. The molecule has 18 heavy (non-hydrogen) atoms. The van der Waals surface area contributed by atoms with Crippen LogP contribution in [0.2, 0.25) is 0 Å². The number of anilines is 1. The second-order valence-corrected chi connectivity index (χ2v) is 5.05. The Kier molecular flexibility index (Phi) is 3.52. The molecule has 0 aliphatic heterocycles. The predicted molar refractivity (Wildman–Crippen MR) is 69.5 cm³/mol. The molecule has 1 aromatic rings. The van der Waals surface area contributed by atoms with Crippen LogP contribution in [-0.4, -0.2) is 47.1 Å². The summed E-state index contributed by atoms with van der Waals surface area (Å²) in [5, 5.41) is 12.7. The first-order valence-electron chi connectivity index (χ1n) is 6.13. The SMILES string of the molecule is CN(C)C(=O)c1cc(NC2(CO)CCC2)ccn1. The van der Waals surface area contributed by atoms with Crippen LogP contribution < -0.4 is 5.32 Å². The van der Waals surface area contributed by atoms with E-state index in [-0.39, 0.29) is 18.1 Å². The van der Waals surface area contributed by atoms with E-state index >= 15 is 0 Å². The zero-order valence-electron chi connectivity index (χ0n) is 10.8. The quantitative estimate of drug-likeness (QED) is 0.839. The number of rotatable bonds is 4. The van der Waals surface area contributed by atoms with Crippen molar-refractivity contribution in [2.45, 2.75) is 24.8 Å². The largest absolute Gasteiger partial charge is 0.394 e. The Balaban J connectivity index is 2.15. The Hall–Kier alpha value is -1.62. The van der Waals surface area contributed by atoms with Gasteiger partial charge in [-0.2, -0.15) is 0 Å². The summed E-state index contributed by atoms with van der Waals surface area (Å²) in [7, 11) is 3.40. The van der Waals surface area contributed by atoms with E-state index in [1.54, 1.807) is 26.4 Å². The summed E-state index contributed by atoms with van der Waals surface area (Å²) in [6.07, 6.45) is 4.66. The van der Waals surface area contributed by atoms with E-state index in [0.717, 1.165) is 24.9 Å². The second-order valence-electron chi connectivity index (χ2n) is 5.05. The summed E-state index contributed by atoms with van der Waals surface area (Å²) in [6, 6.07) is 3.56. The Morgan fingerprint density at radius 2 is 2.28 bits per heavy atom. The first-order chi connectivity index (χ1) is 8.56. The van der Waals surface area contributed by atoms with Crippen molar-refractivity contribution < 1.29 is 9.90 Å². The van der Waals surface area contributed by atoms with Gasteiger partial charge in [0, 0.05) is 26.0 Å². The van der Waals surface area contributed by atoms with E-state index in [1.165, 1.54) is 4.90 Å². The summed E-state index contributed by atoms with van der Waals surface area (Å²) in [5.74, 6) is -0.120. The summed E-state index contributed by atoms with van der Waals surface area (Å²) in [6.45, 7) is 0.117. The minimum Gasteiger partial charge on any atom is -0.394 e. The number of amides is 1. The molecule has 1 heterocycles. The van der Waals surface area contributed by atoms with Crippen LogP contribution in [0.15, 0.2) is 18.3 Å². The topological polar surface area (TPSA) is 65.5 Å². The van der Waals surface area contributed by atoms with Crippen LogP contribution in [0.25, 0.3) is 0 Å². The van der Waals surface area contributed by atoms with Crippen molar-refractivity contribution in [1.82, 2.24) is 9.88 Å². The predicted octanol–water partition coefficient (Wildman–Crippen LogP) is 1.11. The van der Waals surface area contributed by atoms with Gasteiger partial charge in [-0.05, 0) is 31.4 Å². The minimum atomic E-state index is -0.209. The zero-order valence-corrected chi connectivity index (χ0v) is 10.8. The lowest BCUT2D eigenvalue weighted by Crippen LogP contribution is -2.48. The molecule has 1 aliphatic rings. The standard InChI is InChI=1S/C13H19N3O2/c1-16(2)12(18)11-8-10(4-7-14-11)15-13(9-17)5-3-6-13/h4,7-8,17H,3,5-6,9H2,1-2H3,(H,14,15). The summed E-state index contributed by atoms with van der Waals surface area (Å²) in [4.78, 5) is 17.4. The van der Waals surface area contributed by atoms with Gasteiger partial charge in [0.25, 0.3) is 5.91 Å². The number of pyridine rings is 1. The fraction of sp³-hybridized carbons (Fsp3) is 0.538. The molecule has 2 N–H and O–H groups in total. The van der Waals surface area contributed by atoms with Crippen molar-refractivity contribution in [3.8, 4) is 0 Å². The van der Waals surface area contributed by atoms with Crippen molar-refractivity contribution in [2.75, 3.05) is 26.0 Å². The Bertz CT molecular complexity index is 436. The lowest BCUT2D eigenvalue weighted by Gasteiger charge is -2.41. The summed E-state index contributed by atoms with van der Waals surface area (Å²) >= 11 is 0. The number of nitrogens with one attached hydrogen (secondary N) is 1. The first-order valence-corrected chi connectivity index (χ1v) is 6.13. The third-order valence-electron chi connectivity index (χ3n) is 3.41. The molecular weight excluding hydrogens is 230 g/mol. The Morgan fingerprint density at radius 1 is 1.56 bits per heavy atom. The van der Waals surface area contributed by atoms with Gasteiger partial charge in [-0.15, -0.1) is 0 Å². The maximum atomic E-state index is 11.8. The second kappa shape index (κ2) is 4.94. The molecular formula is C13H19N3O2. The van der Waals surface area contributed by atoms with E-state index in [4.69, 9.17) is 0 Å². The molecule has 0 saturated heterocycles. The van der Waals surface area contributed by atoms with Gasteiger partial charge < -0.3 is 15.3 Å². The maximum absolute atomic E-state index is 11.8. The third kappa shape index (κ3) is 2.46. The van der Waals surface area contributed by atoms with Crippen LogP contribution in [-0.2, 0) is 0 Å². The molecule has 1 amide bonds. The van der Waals surface area contributed by atoms with Gasteiger partial charge in [0.05, 0.1) is 12.1 Å². The molecule has 1 saturated carbocycles. The van der Waals surface area contributed by atoms with Crippen LogP contribution in [0.3, 0.4) is 0 Å². The van der Waals surface area contributed by atoms with Crippen LogP contribution in [0.1, 0.15) is 29.8 Å². The number of aromatic nitrogens is 1. The fourth-order valence-electron chi connectivity index (χ4n) is 2.09. The van der Waals surface area contributed by atoms with E-state index in [0.29, 0.717) is 5.69 Å². The Morgan fingerprint density at radius 3 is 2.78 bits per heavy atom. The molecule has 1 aliphatic carbocycles. The molecule has 98 valence electrons. The van der Waals surface area contributed by atoms with Crippen LogP contribution >= 0.6 is 0 Å². The van der Waals surface area contributed by atoms with E-state index in [2.05, 4.69) is 10.3 Å². The third-order valence-corrected chi connectivity index (χ3v) is 3.41. The number of aliphatic hydroxyl groups excluding tert-OH is 1. The molecule has 0 radical (unpaired) electrons. The van der Waals surface area contributed by atoms with Crippen molar-refractivity contribution in [3.05, 3.63) is 24.0 Å². The summed E-state index contributed by atoms with van der Waals surface area (Å²) < 4.78 is 0. The normalized spacial score (nSPS) is 16.8. The molecule has 0 spiro atoms. The highest BCUT2D eigenvalue weighted by molar-refractivity contribution is 5.92. The van der Waals surface area contributed by atoms with E-state index < -0.39 is 0 Å². The highest BCUT2D eigenvalue weighted by atomic mass is 16.3. The van der Waals surface area contributed by atoms with Gasteiger partial charge >= 0.3 is 0 Å². The maximum Gasteiger partial charge on any atom is 0.272 e. The van der Waals surface area contributed by atoms with Crippen molar-refractivity contribution in [3.63, 3.8) is 0 Å². The van der Waals surface area contributed by atoms with Crippen molar-refractivity contribution in [1.29, 1.82) is 0 Å². The van der Waals surface area contributed by atoms with Crippen LogP contribution in [0.5, 0.6) is 0 Å². The molecule has 1 fully saturated rings. The van der Waals surface area contributed by atoms with Gasteiger partial charge in [-0.1, -0.05) is 0 Å². The number of hydrogen-bond donors (Lipinski definition) is 2. The average molecular weight is 249 g/mol. The summed E-state index contributed by atoms with van der Waals surface area (Å²) in [5.41, 5.74) is 1.04. The van der Waals surface area contributed by atoms with E-state index in [1.807, 2.05) is 6.07 Å². The van der Waals surface area contributed by atoms with Crippen LogP contribution in [0, 0.1) is 0 Å². The van der Waals surface area contributed by atoms with Gasteiger partial charge in [0.2, 0.25) is 0 Å². The average Bonchev–Trinajstić information content (AvgIpc) is 2.33.